The Hall–Kier alpha value is -1.88. The summed E-state index contributed by atoms with van der Waals surface area (Å²) >= 11 is 0. The lowest BCUT2D eigenvalue weighted by molar-refractivity contribution is -0.176. The maximum absolute atomic E-state index is 12.2. The van der Waals surface area contributed by atoms with Gasteiger partial charge in [0.25, 0.3) is 11.8 Å². The molecule has 0 radical (unpaired) electrons. The average molecular weight is 262 g/mol. The Morgan fingerprint density at radius 2 is 2.00 bits per heavy atom. The van der Waals surface area contributed by atoms with Crippen LogP contribution in [0.4, 0.5) is 0 Å². The molecule has 1 aromatic carbocycles. The fourth-order valence-corrected chi connectivity index (χ4v) is 1.88. The van der Waals surface area contributed by atoms with Gasteiger partial charge in [-0.3, -0.25) is 15.0 Å². The fraction of sp³-hybridized carbons (Fsp3) is 0.429. The lowest BCUT2D eigenvalue weighted by Crippen LogP contribution is -2.63. The van der Waals surface area contributed by atoms with Crippen LogP contribution in [0.3, 0.4) is 0 Å². The van der Waals surface area contributed by atoms with Gasteiger partial charge in [-0.25, -0.2) is 5.01 Å². The molecule has 5 nitrogen and oxygen atoms in total. The van der Waals surface area contributed by atoms with E-state index in [1.807, 2.05) is 13.0 Å². The van der Waals surface area contributed by atoms with Gasteiger partial charge >= 0.3 is 0 Å². The molecule has 0 spiro atoms. The molecule has 1 saturated heterocycles. The zero-order valence-corrected chi connectivity index (χ0v) is 11.3. The van der Waals surface area contributed by atoms with E-state index in [4.69, 9.17) is 4.74 Å². The van der Waals surface area contributed by atoms with Crippen molar-refractivity contribution in [1.82, 2.24) is 10.4 Å². The summed E-state index contributed by atoms with van der Waals surface area (Å²) in [5.74, 6) is -0.533. The summed E-state index contributed by atoms with van der Waals surface area (Å²) in [5, 5.41) is 1.36. The quantitative estimate of drug-likeness (QED) is 0.875. The molecule has 0 saturated carbocycles. The average Bonchev–Trinajstić information content (AvgIpc) is 2.40. The number of morpholine rings is 1. The summed E-state index contributed by atoms with van der Waals surface area (Å²) in [6, 6.07) is 8.62. The topological polar surface area (TPSA) is 58.6 Å². The van der Waals surface area contributed by atoms with Crippen molar-refractivity contribution < 1.29 is 14.3 Å². The highest BCUT2D eigenvalue weighted by atomic mass is 16.5. The minimum absolute atomic E-state index is 0.187. The summed E-state index contributed by atoms with van der Waals surface area (Å²) in [5.41, 5.74) is 2.27. The van der Waals surface area contributed by atoms with Gasteiger partial charge in [-0.15, -0.1) is 0 Å². The smallest absolute Gasteiger partial charge is 0.272 e. The van der Waals surface area contributed by atoms with E-state index >= 15 is 0 Å². The molecular weight excluding hydrogens is 244 g/mol. The third-order valence-electron chi connectivity index (χ3n) is 3.12. The number of hydrazine groups is 1. The number of ether oxygens (including phenoxy) is 1. The van der Waals surface area contributed by atoms with Gasteiger partial charge in [-0.2, -0.15) is 0 Å². The highest BCUT2D eigenvalue weighted by Gasteiger charge is 2.41. The minimum Gasteiger partial charge on any atom is -0.363 e. The van der Waals surface area contributed by atoms with Crippen LogP contribution < -0.4 is 5.43 Å². The van der Waals surface area contributed by atoms with Gasteiger partial charge < -0.3 is 4.74 Å². The summed E-state index contributed by atoms with van der Waals surface area (Å²) in [7, 11) is 0. The number of benzene rings is 1. The van der Waals surface area contributed by atoms with E-state index in [0.29, 0.717) is 12.2 Å². The molecule has 5 heteroatoms. The van der Waals surface area contributed by atoms with Crippen LogP contribution in [-0.4, -0.2) is 35.1 Å². The van der Waals surface area contributed by atoms with Gasteiger partial charge in [-0.1, -0.05) is 18.2 Å². The molecular formula is C14H18N2O3. The summed E-state index contributed by atoms with van der Waals surface area (Å²) < 4.78 is 5.46. The first-order valence-electron chi connectivity index (χ1n) is 6.25. The van der Waals surface area contributed by atoms with E-state index in [1.165, 1.54) is 5.01 Å². The van der Waals surface area contributed by atoms with Crippen LogP contribution in [0, 0.1) is 0 Å². The lowest BCUT2D eigenvalue weighted by atomic mass is 10.1. The third-order valence-corrected chi connectivity index (χ3v) is 3.12. The van der Waals surface area contributed by atoms with Gasteiger partial charge in [0.2, 0.25) is 0 Å². The van der Waals surface area contributed by atoms with Crippen molar-refractivity contribution in [3.63, 3.8) is 0 Å². The Kier molecular flexibility index (Phi) is 3.57. The number of hydrogen-bond donors (Lipinski definition) is 1. The molecule has 1 aliphatic heterocycles. The summed E-state index contributed by atoms with van der Waals surface area (Å²) in [4.78, 5) is 24.3. The van der Waals surface area contributed by atoms with Crippen LogP contribution in [0.25, 0.3) is 0 Å². The molecule has 2 amide bonds. The predicted octanol–water partition coefficient (Wildman–Crippen LogP) is 1.36. The van der Waals surface area contributed by atoms with E-state index in [2.05, 4.69) is 5.43 Å². The number of nitrogens with one attached hydrogen (secondary N) is 1. The first-order valence-corrected chi connectivity index (χ1v) is 6.25. The van der Waals surface area contributed by atoms with Gasteiger partial charge in [0, 0.05) is 5.56 Å². The van der Waals surface area contributed by atoms with Gasteiger partial charge in [0.05, 0.1) is 12.6 Å². The van der Waals surface area contributed by atoms with Crippen LogP contribution in [0.1, 0.15) is 31.1 Å². The second-order valence-electron chi connectivity index (χ2n) is 5.15. The van der Waals surface area contributed by atoms with Crippen LogP contribution in [0.15, 0.2) is 30.3 Å². The number of carbonyl (C=O) groups excluding carboxylic acids is 2. The summed E-state index contributed by atoms with van der Waals surface area (Å²) in [6.07, 6.45) is 0. The Labute approximate surface area is 112 Å². The molecule has 0 bridgehead atoms. The predicted molar refractivity (Wildman–Crippen MR) is 70.2 cm³/mol. The first-order chi connectivity index (χ1) is 8.92. The van der Waals surface area contributed by atoms with Crippen molar-refractivity contribution in [3.8, 4) is 0 Å². The highest BCUT2D eigenvalue weighted by molar-refractivity contribution is 5.96. The van der Waals surface area contributed by atoms with E-state index in [9.17, 15) is 9.59 Å². The standard InChI is InChI=1S/C14H18N2O3/c1-10-9-19-14(2,3)13(18)16(10)15-12(17)11-7-5-4-6-8-11/h4-8,10H,9H2,1-3H3,(H,15,17). The number of hydrogen-bond acceptors (Lipinski definition) is 3. The van der Waals surface area contributed by atoms with E-state index < -0.39 is 5.60 Å². The second-order valence-corrected chi connectivity index (χ2v) is 5.15. The van der Waals surface area contributed by atoms with E-state index in [1.54, 1.807) is 38.1 Å². The zero-order chi connectivity index (χ0) is 14.0. The summed E-state index contributed by atoms with van der Waals surface area (Å²) in [6.45, 7) is 5.62. The molecule has 0 aliphatic carbocycles. The molecule has 1 aromatic rings. The van der Waals surface area contributed by atoms with Crippen LogP contribution in [0.5, 0.6) is 0 Å². The highest BCUT2D eigenvalue weighted by Crippen LogP contribution is 2.20. The van der Waals surface area contributed by atoms with Crippen LogP contribution >= 0.6 is 0 Å². The zero-order valence-electron chi connectivity index (χ0n) is 11.3. The van der Waals surface area contributed by atoms with Crippen molar-refractivity contribution in [1.29, 1.82) is 0 Å². The Morgan fingerprint density at radius 1 is 1.37 bits per heavy atom. The second kappa shape index (κ2) is 5.01. The van der Waals surface area contributed by atoms with Crippen LogP contribution in [0.2, 0.25) is 0 Å². The molecule has 1 N–H and O–H groups in total. The van der Waals surface area contributed by atoms with Crippen molar-refractivity contribution in [3.05, 3.63) is 35.9 Å². The molecule has 102 valence electrons. The van der Waals surface area contributed by atoms with Gasteiger partial charge in [0.15, 0.2) is 0 Å². The Balaban J connectivity index is 2.13. The lowest BCUT2D eigenvalue weighted by Gasteiger charge is -2.41. The molecule has 0 aromatic heterocycles. The van der Waals surface area contributed by atoms with Crippen LogP contribution in [-0.2, 0) is 9.53 Å². The Bertz CT molecular complexity index is 485. The molecule has 2 rings (SSSR count). The SMILES string of the molecule is CC1COC(C)(C)C(=O)N1NC(=O)c1ccccc1. The van der Waals surface area contributed by atoms with E-state index in [0.717, 1.165) is 0 Å². The normalized spacial score (nSPS) is 22.2. The third kappa shape index (κ3) is 2.76. The van der Waals surface area contributed by atoms with Crippen molar-refractivity contribution >= 4 is 11.8 Å². The minimum atomic E-state index is -0.906. The molecule has 1 heterocycles. The van der Waals surface area contributed by atoms with Crippen molar-refractivity contribution in [2.75, 3.05) is 6.61 Å². The number of rotatable bonds is 2. The van der Waals surface area contributed by atoms with Gasteiger partial charge in [0.1, 0.15) is 5.60 Å². The molecule has 1 atom stereocenters. The molecule has 1 aliphatic rings. The fourth-order valence-electron chi connectivity index (χ4n) is 1.88. The molecule has 1 unspecified atom stereocenters. The number of amides is 2. The van der Waals surface area contributed by atoms with Gasteiger partial charge in [-0.05, 0) is 32.9 Å². The molecule has 1 fully saturated rings. The largest absolute Gasteiger partial charge is 0.363 e. The Morgan fingerprint density at radius 3 is 2.63 bits per heavy atom. The number of nitrogens with zero attached hydrogens (tertiary/aromatic N) is 1. The van der Waals surface area contributed by atoms with Crippen molar-refractivity contribution in [2.24, 2.45) is 0 Å². The first kappa shape index (κ1) is 13.5. The van der Waals surface area contributed by atoms with E-state index in [-0.39, 0.29) is 17.9 Å². The maximum atomic E-state index is 12.2. The monoisotopic (exact) mass is 262 g/mol. The number of carbonyl (C=O) groups is 2. The van der Waals surface area contributed by atoms with Crippen molar-refractivity contribution in [2.45, 2.75) is 32.4 Å². The molecule has 19 heavy (non-hydrogen) atoms. The maximum Gasteiger partial charge on any atom is 0.272 e.